The summed E-state index contributed by atoms with van der Waals surface area (Å²) in [6.45, 7) is 2.09. The first-order valence-corrected chi connectivity index (χ1v) is 14.6. The van der Waals surface area contributed by atoms with Gasteiger partial charge in [-0.15, -0.1) is 0 Å². The van der Waals surface area contributed by atoms with Crippen LogP contribution in [-0.4, -0.2) is 106 Å². The molecule has 16 nitrogen and oxygen atoms in total. The quantitative estimate of drug-likeness (QED) is 0.0868. The number of carbonyl (C=O) groups is 7. The van der Waals surface area contributed by atoms with E-state index >= 15 is 0 Å². The summed E-state index contributed by atoms with van der Waals surface area (Å²) in [6, 6.07) is 3.11. The van der Waals surface area contributed by atoms with Crippen molar-refractivity contribution in [2.75, 3.05) is 19.7 Å². The highest BCUT2D eigenvalue weighted by Crippen LogP contribution is 2.20. The Morgan fingerprint density at radius 1 is 0.978 bits per heavy atom. The molecule has 10 N–H and O–H groups in total. The monoisotopic (exact) mass is 633 g/mol. The van der Waals surface area contributed by atoms with Gasteiger partial charge in [-0.05, 0) is 30.7 Å². The molecule has 1 saturated heterocycles. The Morgan fingerprint density at radius 2 is 1.62 bits per heavy atom. The van der Waals surface area contributed by atoms with E-state index in [0.29, 0.717) is 12.8 Å². The van der Waals surface area contributed by atoms with E-state index < -0.39 is 90.7 Å². The van der Waals surface area contributed by atoms with Gasteiger partial charge in [-0.2, -0.15) is 0 Å². The predicted molar refractivity (Wildman–Crippen MR) is 160 cm³/mol. The highest BCUT2D eigenvalue weighted by molar-refractivity contribution is 5.95. The van der Waals surface area contributed by atoms with Crippen molar-refractivity contribution >= 4 is 41.4 Å². The second-order valence-electron chi connectivity index (χ2n) is 11.1. The van der Waals surface area contributed by atoms with Gasteiger partial charge in [0.2, 0.25) is 35.4 Å². The minimum atomic E-state index is -1.55. The number of aliphatic carboxylic acids is 1. The van der Waals surface area contributed by atoms with Crippen LogP contribution in [0.5, 0.6) is 0 Å². The fourth-order valence-corrected chi connectivity index (χ4v) is 4.75. The van der Waals surface area contributed by atoms with E-state index in [2.05, 4.69) is 21.3 Å². The Balaban J connectivity index is 2.08. The van der Waals surface area contributed by atoms with Crippen molar-refractivity contribution in [3.8, 4) is 0 Å². The van der Waals surface area contributed by atoms with Gasteiger partial charge in [0.1, 0.15) is 24.2 Å². The van der Waals surface area contributed by atoms with Crippen molar-refractivity contribution in [3.05, 3.63) is 35.9 Å². The summed E-state index contributed by atoms with van der Waals surface area (Å²) in [7, 11) is 0. The summed E-state index contributed by atoms with van der Waals surface area (Å²) in [6.07, 6.45) is 0.787. The lowest BCUT2D eigenvalue weighted by Gasteiger charge is -2.29. The zero-order valence-corrected chi connectivity index (χ0v) is 25.4. The van der Waals surface area contributed by atoms with E-state index in [1.165, 1.54) is 4.90 Å². The molecule has 1 fully saturated rings. The van der Waals surface area contributed by atoms with Gasteiger partial charge < -0.3 is 47.8 Å². The first kappa shape index (κ1) is 36.6. The van der Waals surface area contributed by atoms with Crippen molar-refractivity contribution in [1.29, 1.82) is 0 Å². The van der Waals surface area contributed by atoms with Crippen molar-refractivity contribution < 1.29 is 43.8 Å². The fourth-order valence-electron chi connectivity index (χ4n) is 4.75. The zero-order valence-electron chi connectivity index (χ0n) is 25.4. The highest BCUT2D eigenvalue weighted by atomic mass is 16.4. The van der Waals surface area contributed by atoms with Crippen molar-refractivity contribution in [2.24, 2.45) is 17.4 Å². The molecule has 0 spiro atoms. The van der Waals surface area contributed by atoms with E-state index in [4.69, 9.17) is 16.6 Å². The van der Waals surface area contributed by atoms with Gasteiger partial charge >= 0.3 is 5.97 Å². The Labute approximate surface area is 260 Å². The lowest BCUT2D eigenvalue weighted by atomic mass is 10.0. The highest BCUT2D eigenvalue weighted by Gasteiger charge is 2.38. The standard InChI is InChI=1S/C29H43N7O9/c1-16(2)24(27(42)34-20(15-37)29(44)45)35-23(39)14-32-26(41)21-9-6-12-36(21)28(43)19(13-17-7-4-3-5-8-17)33-25(40)18(30)10-11-22(31)38/h3-5,7-8,16,18-21,24,37H,6,9-15,30H2,1-2H3,(H2,31,38)(H,32,41)(H,33,40)(H,34,42)(H,35,39)(H,44,45)/t18-,19-,20-,21-,24-/m0/s1. The van der Waals surface area contributed by atoms with Crippen LogP contribution in [0, 0.1) is 5.92 Å². The molecule has 5 atom stereocenters. The number of nitrogens with two attached hydrogens (primary N) is 2. The van der Waals surface area contributed by atoms with Crippen molar-refractivity contribution in [1.82, 2.24) is 26.2 Å². The maximum absolute atomic E-state index is 13.7. The van der Waals surface area contributed by atoms with Crippen LogP contribution < -0.4 is 32.7 Å². The second kappa shape index (κ2) is 17.7. The minimum absolute atomic E-state index is 0.00880. The number of amides is 6. The van der Waals surface area contributed by atoms with Gasteiger partial charge in [0.15, 0.2) is 0 Å². The number of nitrogens with one attached hydrogen (secondary N) is 4. The van der Waals surface area contributed by atoms with Crippen LogP contribution in [0.3, 0.4) is 0 Å². The van der Waals surface area contributed by atoms with Gasteiger partial charge in [-0.25, -0.2) is 4.79 Å². The first-order valence-electron chi connectivity index (χ1n) is 14.6. The maximum atomic E-state index is 13.7. The minimum Gasteiger partial charge on any atom is -0.480 e. The molecule has 1 aliphatic rings. The molecule has 0 radical (unpaired) electrons. The molecule has 1 heterocycles. The number of primary amides is 1. The molecule has 1 aromatic carbocycles. The third-order valence-electron chi connectivity index (χ3n) is 7.26. The van der Waals surface area contributed by atoms with Gasteiger partial charge in [-0.3, -0.25) is 28.8 Å². The second-order valence-corrected chi connectivity index (χ2v) is 11.1. The maximum Gasteiger partial charge on any atom is 0.328 e. The summed E-state index contributed by atoms with van der Waals surface area (Å²) in [5.74, 6) is -5.87. The van der Waals surface area contributed by atoms with Crippen LogP contribution in [0.15, 0.2) is 30.3 Å². The fraction of sp³-hybridized carbons (Fsp3) is 0.552. The molecule has 0 aliphatic carbocycles. The van der Waals surface area contributed by atoms with Gasteiger partial charge in [0.05, 0.1) is 19.2 Å². The third kappa shape index (κ3) is 11.5. The van der Waals surface area contributed by atoms with Crippen LogP contribution in [0.1, 0.15) is 45.1 Å². The average molecular weight is 634 g/mol. The van der Waals surface area contributed by atoms with E-state index in [9.17, 15) is 38.7 Å². The molecule has 248 valence electrons. The lowest BCUT2D eigenvalue weighted by molar-refractivity contribution is -0.143. The summed E-state index contributed by atoms with van der Waals surface area (Å²) in [4.78, 5) is 88.4. The largest absolute Gasteiger partial charge is 0.480 e. The molecular formula is C29H43N7O9. The van der Waals surface area contributed by atoms with Crippen LogP contribution in [0.25, 0.3) is 0 Å². The van der Waals surface area contributed by atoms with Crippen molar-refractivity contribution in [2.45, 2.75) is 76.2 Å². The first-order chi connectivity index (χ1) is 21.2. The summed E-state index contributed by atoms with van der Waals surface area (Å²) in [5, 5.41) is 28.0. The number of aliphatic hydroxyl groups is 1. The topological polar surface area (TPSA) is 263 Å². The Bertz CT molecular complexity index is 1230. The number of carboxylic acids is 1. The van der Waals surface area contributed by atoms with Crippen LogP contribution >= 0.6 is 0 Å². The molecule has 6 amide bonds. The number of hydrogen-bond donors (Lipinski definition) is 8. The SMILES string of the molecule is CC(C)[C@H](NC(=O)CNC(=O)[C@@H]1CCCN1C(=O)[C@H](Cc1ccccc1)NC(=O)[C@@H](N)CCC(N)=O)C(=O)N[C@@H](CO)C(=O)O. The molecule has 0 aromatic heterocycles. The molecule has 16 heteroatoms. The Hall–Kier alpha value is -4.57. The zero-order chi connectivity index (χ0) is 33.7. The number of benzene rings is 1. The van der Waals surface area contributed by atoms with Gasteiger partial charge in [-0.1, -0.05) is 44.2 Å². The number of carbonyl (C=O) groups excluding carboxylic acids is 6. The van der Waals surface area contributed by atoms with Gasteiger partial charge in [0.25, 0.3) is 0 Å². The summed E-state index contributed by atoms with van der Waals surface area (Å²) >= 11 is 0. The van der Waals surface area contributed by atoms with Gasteiger partial charge in [0, 0.05) is 19.4 Å². The van der Waals surface area contributed by atoms with E-state index in [1.807, 2.05) is 0 Å². The predicted octanol–water partition coefficient (Wildman–Crippen LogP) is -2.88. The van der Waals surface area contributed by atoms with Crippen LogP contribution in [-0.2, 0) is 40.0 Å². The molecule has 0 bridgehead atoms. The number of nitrogens with zero attached hydrogens (tertiary/aromatic N) is 1. The number of likely N-dealkylation sites (tertiary alicyclic amines) is 1. The number of hydrogen-bond acceptors (Lipinski definition) is 9. The number of carboxylic acid groups (broad SMARTS) is 1. The average Bonchev–Trinajstić information content (AvgIpc) is 3.49. The number of aliphatic hydroxyl groups excluding tert-OH is 1. The van der Waals surface area contributed by atoms with E-state index in [0.717, 1.165) is 5.56 Å². The molecule has 2 rings (SSSR count). The molecule has 1 aliphatic heterocycles. The molecule has 45 heavy (non-hydrogen) atoms. The Morgan fingerprint density at radius 3 is 2.20 bits per heavy atom. The van der Waals surface area contributed by atoms with Crippen molar-refractivity contribution in [3.63, 3.8) is 0 Å². The third-order valence-corrected chi connectivity index (χ3v) is 7.26. The lowest BCUT2D eigenvalue weighted by Crippen LogP contribution is -2.57. The molecule has 0 saturated carbocycles. The molecular weight excluding hydrogens is 590 g/mol. The van der Waals surface area contributed by atoms with Crippen LogP contribution in [0.4, 0.5) is 0 Å². The molecule has 0 unspecified atom stereocenters. The summed E-state index contributed by atoms with van der Waals surface area (Å²) in [5.41, 5.74) is 11.8. The van der Waals surface area contributed by atoms with E-state index in [-0.39, 0.29) is 25.8 Å². The van der Waals surface area contributed by atoms with E-state index in [1.54, 1.807) is 44.2 Å². The normalized spacial score (nSPS) is 17.0. The number of rotatable bonds is 17. The van der Waals surface area contributed by atoms with Crippen LogP contribution in [0.2, 0.25) is 0 Å². The Kier molecular flexibility index (Phi) is 14.4. The molecule has 1 aromatic rings. The summed E-state index contributed by atoms with van der Waals surface area (Å²) < 4.78 is 0. The smallest absolute Gasteiger partial charge is 0.328 e.